The van der Waals surface area contributed by atoms with Gasteiger partial charge in [0.25, 0.3) is 5.91 Å². The van der Waals surface area contributed by atoms with Gasteiger partial charge in [0.15, 0.2) is 5.76 Å². The van der Waals surface area contributed by atoms with Gasteiger partial charge >= 0.3 is 5.97 Å². The second-order valence-electron chi connectivity index (χ2n) is 8.47. The molecule has 0 bridgehead atoms. The van der Waals surface area contributed by atoms with Gasteiger partial charge in [0.1, 0.15) is 23.1 Å². The van der Waals surface area contributed by atoms with Crippen molar-refractivity contribution in [1.82, 2.24) is 9.91 Å². The summed E-state index contributed by atoms with van der Waals surface area (Å²) >= 11 is 0. The number of carbonyl (C=O) groups is 2. The van der Waals surface area contributed by atoms with E-state index in [0.717, 1.165) is 16.7 Å². The average molecular weight is 450 g/mol. The molecule has 2 aliphatic rings. The number of carbonyl (C=O) groups excluding carboxylic acids is 2. The Morgan fingerprint density at radius 1 is 1.15 bits per heavy atom. The van der Waals surface area contributed by atoms with E-state index < -0.39 is 0 Å². The van der Waals surface area contributed by atoms with Crippen LogP contribution in [0.15, 0.2) is 62.7 Å². The topological polar surface area (TPSA) is 88.5 Å². The standard InChI is InChI=1S/C25H27N3O5/c1-2-31-25(30)17-9-11-27(12-10-17)16-24(29)28-20(22-8-5-13-32-22)15-19(26-28)23-14-18-6-3-4-7-21(18)33-23/h3-8,13-14,17,20H,2,9-12,15-16H2,1H3. The highest BCUT2D eigenvalue weighted by Gasteiger charge is 2.37. The Morgan fingerprint density at radius 2 is 1.97 bits per heavy atom. The summed E-state index contributed by atoms with van der Waals surface area (Å²) in [5, 5.41) is 7.20. The highest BCUT2D eigenvalue weighted by atomic mass is 16.5. The number of fused-ring (bicyclic) bond motifs is 1. The van der Waals surface area contributed by atoms with Gasteiger partial charge in [-0.25, -0.2) is 5.01 Å². The Morgan fingerprint density at radius 3 is 2.70 bits per heavy atom. The molecule has 1 aromatic carbocycles. The maximum absolute atomic E-state index is 13.3. The lowest BCUT2D eigenvalue weighted by molar-refractivity contribution is -0.149. The van der Waals surface area contributed by atoms with E-state index in [1.807, 2.05) is 49.4 Å². The number of rotatable bonds is 6. The third-order valence-corrected chi connectivity index (χ3v) is 6.31. The molecule has 0 radical (unpaired) electrons. The molecule has 3 aromatic rings. The molecule has 2 aromatic heterocycles. The van der Waals surface area contributed by atoms with Crippen LogP contribution in [0.3, 0.4) is 0 Å². The number of likely N-dealkylation sites (tertiary alicyclic amines) is 1. The second kappa shape index (κ2) is 9.23. The lowest BCUT2D eigenvalue weighted by Crippen LogP contribution is -2.43. The van der Waals surface area contributed by atoms with Gasteiger partial charge in [-0.3, -0.25) is 14.5 Å². The molecular weight excluding hydrogens is 422 g/mol. The van der Waals surface area contributed by atoms with Crippen LogP contribution in [0.5, 0.6) is 0 Å². The van der Waals surface area contributed by atoms with Crippen LogP contribution in [0.2, 0.25) is 0 Å². The van der Waals surface area contributed by atoms with Crippen LogP contribution in [-0.2, 0) is 14.3 Å². The summed E-state index contributed by atoms with van der Waals surface area (Å²) in [6.07, 6.45) is 3.52. The van der Waals surface area contributed by atoms with Crippen LogP contribution in [0.4, 0.5) is 0 Å². The number of para-hydroxylation sites is 1. The Balaban J connectivity index is 1.31. The van der Waals surface area contributed by atoms with Crippen molar-refractivity contribution in [3.63, 3.8) is 0 Å². The number of furan rings is 2. The third kappa shape index (κ3) is 4.43. The lowest BCUT2D eigenvalue weighted by atomic mass is 9.97. The van der Waals surface area contributed by atoms with E-state index in [1.54, 1.807) is 6.26 Å². The van der Waals surface area contributed by atoms with Crippen molar-refractivity contribution in [3.8, 4) is 0 Å². The van der Waals surface area contributed by atoms with E-state index in [4.69, 9.17) is 13.6 Å². The summed E-state index contributed by atoms with van der Waals surface area (Å²) < 4.78 is 16.8. The quantitative estimate of drug-likeness (QED) is 0.529. The fourth-order valence-electron chi connectivity index (χ4n) is 4.57. The number of benzene rings is 1. The van der Waals surface area contributed by atoms with Crippen molar-refractivity contribution in [2.24, 2.45) is 11.0 Å². The van der Waals surface area contributed by atoms with Crippen molar-refractivity contribution in [2.45, 2.75) is 32.2 Å². The van der Waals surface area contributed by atoms with Gasteiger partial charge in [-0.2, -0.15) is 5.10 Å². The van der Waals surface area contributed by atoms with E-state index in [-0.39, 0.29) is 30.4 Å². The summed E-state index contributed by atoms with van der Waals surface area (Å²) in [7, 11) is 0. The molecule has 172 valence electrons. The van der Waals surface area contributed by atoms with Gasteiger partial charge in [0, 0.05) is 11.8 Å². The molecule has 33 heavy (non-hydrogen) atoms. The fourth-order valence-corrected chi connectivity index (χ4v) is 4.57. The Hall–Kier alpha value is -3.39. The minimum absolute atomic E-state index is 0.0864. The third-order valence-electron chi connectivity index (χ3n) is 6.31. The van der Waals surface area contributed by atoms with Gasteiger partial charge in [0.2, 0.25) is 0 Å². The summed E-state index contributed by atoms with van der Waals surface area (Å²) in [5.41, 5.74) is 1.51. The monoisotopic (exact) mass is 449 g/mol. The zero-order valence-electron chi connectivity index (χ0n) is 18.6. The van der Waals surface area contributed by atoms with E-state index in [9.17, 15) is 9.59 Å². The first-order valence-electron chi connectivity index (χ1n) is 11.4. The predicted molar refractivity (Wildman–Crippen MR) is 121 cm³/mol. The van der Waals surface area contributed by atoms with Crippen LogP contribution in [0.1, 0.15) is 43.7 Å². The highest BCUT2D eigenvalue weighted by molar-refractivity contribution is 6.03. The first-order chi connectivity index (χ1) is 16.1. The summed E-state index contributed by atoms with van der Waals surface area (Å²) in [5.74, 6) is 1.03. The number of hydrazone groups is 1. The molecule has 5 rings (SSSR count). The van der Waals surface area contributed by atoms with Crippen LogP contribution >= 0.6 is 0 Å². The molecule has 1 saturated heterocycles. The lowest BCUT2D eigenvalue weighted by Gasteiger charge is -2.31. The summed E-state index contributed by atoms with van der Waals surface area (Å²) in [6, 6.07) is 13.1. The molecule has 1 fully saturated rings. The maximum Gasteiger partial charge on any atom is 0.309 e. The van der Waals surface area contributed by atoms with E-state index in [2.05, 4.69) is 10.0 Å². The second-order valence-corrected chi connectivity index (χ2v) is 8.47. The van der Waals surface area contributed by atoms with Gasteiger partial charge < -0.3 is 13.6 Å². The largest absolute Gasteiger partial charge is 0.467 e. The molecule has 0 N–H and O–H groups in total. The first kappa shape index (κ1) is 21.5. The number of ether oxygens (including phenoxy) is 1. The van der Waals surface area contributed by atoms with E-state index in [0.29, 0.717) is 50.5 Å². The van der Waals surface area contributed by atoms with Crippen molar-refractivity contribution in [2.75, 3.05) is 26.2 Å². The normalized spacial score (nSPS) is 19.7. The van der Waals surface area contributed by atoms with Gasteiger partial charge in [-0.1, -0.05) is 18.2 Å². The number of nitrogens with zero attached hydrogens (tertiary/aromatic N) is 3. The smallest absolute Gasteiger partial charge is 0.309 e. The van der Waals surface area contributed by atoms with E-state index >= 15 is 0 Å². The zero-order chi connectivity index (χ0) is 22.8. The minimum Gasteiger partial charge on any atom is -0.467 e. The van der Waals surface area contributed by atoms with Crippen LogP contribution in [0, 0.1) is 5.92 Å². The summed E-state index contributed by atoms with van der Waals surface area (Å²) in [6.45, 7) is 3.80. The van der Waals surface area contributed by atoms with Crippen LogP contribution in [0.25, 0.3) is 11.0 Å². The van der Waals surface area contributed by atoms with Crippen LogP contribution < -0.4 is 0 Å². The SMILES string of the molecule is CCOC(=O)C1CCN(CC(=O)N2N=C(c3cc4ccccc4o3)CC2c2ccco2)CC1. The highest BCUT2D eigenvalue weighted by Crippen LogP contribution is 2.34. The maximum atomic E-state index is 13.3. The number of amides is 1. The molecule has 2 aliphatic heterocycles. The molecule has 1 amide bonds. The van der Waals surface area contributed by atoms with Gasteiger partial charge in [-0.05, 0) is 57.1 Å². The Labute approximate surface area is 191 Å². The number of hydrogen-bond donors (Lipinski definition) is 0. The molecule has 0 saturated carbocycles. The molecule has 8 heteroatoms. The molecule has 8 nitrogen and oxygen atoms in total. The van der Waals surface area contributed by atoms with Crippen molar-refractivity contribution in [1.29, 1.82) is 0 Å². The number of esters is 1. The minimum atomic E-state index is -0.312. The molecule has 1 atom stereocenters. The molecular formula is C25H27N3O5. The number of hydrogen-bond acceptors (Lipinski definition) is 7. The fraction of sp³-hybridized carbons (Fsp3) is 0.400. The Bertz CT molecular complexity index is 1120. The molecule has 1 unspecified atom stereocenters. The molecule has 4 heterocycles. The van der Waals surface area contributed by atoms with Crippen molar-refractivity contribution < 1.29 is 23.2 Å². The molecule has 0 spiro atoms. The first-order valence-corrected chi connectivity index (χ1v) is 11.4. The van der Waals surface area contributed by atoms with Gasteiger partial charge in [-0.15, -0.1) is 0 Å². The van der Waals surface area contributed by atoms with Crippen molar-refractivity contribution in [3.05, 3.63) is 60.2 Å². The van der Waals surface area contributed by atoms with Gasteiger partial charge in [0.05, 0.1) is 25.3 Å². The zero-order valence-corrected chi connectivity index (χ0v) is 18.6. The van der Waals surface area contributed by atoms with Crippen molar-refractivity contribution >= 4 is 28.6 Å². The average Bonchev–Trinajstić information content (AvgIpc) is 3.58. The molecule has 0 aliphatic carbocycles. The summed E-state index contributed by atoms with van der Waals surface area (Å²) in [4.78, 5) is 27.4. The van der Waals surface area contributed by atoms with E-state index in [1.165, 1.54) is 5.01 Å². The number of piperidine rings is 1. The Kier molecular flexibility index (Phi) is 6.00. The van der Waals surface area contributed by atoms with Crippen LogP contribution in [-0.4, -0.2) is 53.7 Å². The predicted octanol–water partition coefficient (Wildman–Crippen LogP) is 3.98.